The van der Waals surface area contributed by atoms with Crippen molar-refractivity contribution >= 4 is 11.8 Å². The lowest BCUT2D eigenvalue weighted by Gasteiger charge is -2.20. The maximum Gasteiger partial charge on any atom is 0.239 e. The van der Waals surface area contributed by atoms with Gasteiger partial charge in [0.1, 0.15) is 0 Å². The lowest BCUT2D eigenvalue weighted by Crippen LogP contribution is -2.46. The van der Waals surface area contributed by atoms with Gasteiger partial charge in [0, 0.05) is 34.4 Å². The molecule has 0 rings (SSSR count). The highest BCUT2D eigenvalue weighted by atomic mass is 16.5. The molecule has 106 valence electrons. The first-order valence-electron chi connectivity index (χ1n) is 5.78. The van der Waals surface area contributed by atoms with Crippen molar-refractivity contribution < 1.29 is 19.1 Å². The summed E-state index contributed by atoms with van der Waals surface area (Å²) in [4.78, 5) is 24.5. The number of ether oxygens (including phenoxy) is 2. The maximum atomic E-state index is 11.8. The van der Waals surface area contributed by atoms with Crippen LogP contribution in [0.3, 0.4) is 0 Å². The molecular weight excluding hydrogens is 238 g/mol. The number of nitrogens with zero attached hydrogens (tertiary/aromatic N) is 1. The van der Waals surface area contributed by atoms with Gasteiger partial charge in [0.25, 0.3) is 0 Å². The van der Waals surface area contributed by atoms with Crippen molar-refractivity contribution in [1.82, 2.24) is 10.2 Å². The summed E-state index contributed by atoms with van der Waals surface area (Å²) in [6.45, 7) is 1.27. The summed E-state index contributed by atoms with van der Waals surface area (Å²) in [5.41, 5.74) is 5.68. The molecule has 0 aromatic heterocycles. The van der Waals surface area contributed by atoms with Crippen LogP contribution in [0.1, 0.15) is 6.42 Å². The second-order valence-electron chi connectivity index (χ2n) is 3.93. The summed E-state index contributed by atoms with van der Waals surface area (Å²) in [5.74, 6) is -0.504. The van der Waals surface area contributed by atoms with Crippen LogP contribution >= 0.6 is 0 Å². The number of hydrogen-bond donors (Lipinski definition) is 2. The van der Waals surface area contributed by atoms with Crippen molar-refractivity contribution in [3.05, 3.63) is 0 Å². The molecule has 0 saturated heterocycles. The Hall–Kier alpha value is -1.18. The van der Waals surface area contributed by atoms with E-state index in [1.165, 1.54) is 4.90 Å². The lowest BCUT2D eigenvalue weighted by atomic mass is 10.2. The summed E-state index contributed by atoms with van der Waals surface area (Å²) in [6.07, 6.45) is 0.435. The molecule has 7 nitrogen and oxygen atoms in total. The van der Waals surface area contributed by atoms with Crippen LogP contribution in [0.25, 0.3) is 0 Å². The number of nitrogens with one attached hydrogen (secondary N) is 1. The SMILES string of the molecule is COCCNC(=O)CN(C)C(=O)C(N)CCOC. The van der Waals surface area contributed by atoms with Gasteiger partial charge in [0.05, 0.1) is 19.2 Å². The normalized spacial score (nSPS) is 12.0. The van der Waals surface area contributed by atoms with E-state index in [1.807, 2.05) is 0 Å². The molecule has 0 aromatic rings. The van der Waals surface area contributed by atoms with Crippen LogP contribution in [-0.4, -0.2) is 70.3 Å². The number of amides is 2. The van der Waals surface area contributed by atoms with Gasteiger partial charge in [-0.1, -0.05) is 0 Å². The van der Waals surface area contributed by atoms with Crippen LogP contribution in [-0.2, 0) is 19.1 Å². The summed E-state index contributed by atoms with van der Waals surface area (Å²) in [7, 11) is 4.64. The van der Waals surface area contributed by atoms with Gasteiger partial charge in [-0.05, 0) is 6.42 Å². The summed E-state index contributed by atoms with van der Waals surface area (Å²) >= 11 is 0. The van der Waals surface area contributed by atoms with Gasteiger partial charge in [-0.15, -0.1) is 0 Å². The van der Waals surface area contributed by atoms with Crippen LogP contribution in [0.5, 0.6) is 0 Å². The maximum absolute atomic E-state index is 11.8. The average Bonchev–Trinajstić information content (AvgIpc) is 2.35. The summed E-state index contributed by atoms with van der Waals surface area (Å²) in [5, 5.41) is 2.63. The zero-order chi connectivity index (χ0) is 14.0. The largest absolute Gasteiger partial charge is 0.385 e. The van der Waals surface area contributed by atoms with Crippen molar-refractivity contribution in [1.29, 1.82) is 0 Å². The van der Waals surface area contributed by atoms with Crippen LogP contribution in [0.15, 0.2) is 0 Å². The Morgan fingerprint density at radius 2 is 1.89 bits per heavy atom. The lowest BCUT2D eigenvalue weighted by molar-refractivity contribution is -0.136. The molecule has 1 unspecified atom stereocenters. The number of carbonyl (C=O) groups is 2. The molecule has 0 aliphatic rings. The van der Waals surface area contributed by atoms with Crippen molar-refractivity contribution in [3.63, 3.8) is 0 Å². The fourth-order valence-corrected chi connectivity index (χ4v) is 1.29. The first-order valence-corrected chi connectivity index (χ1v) is 5.78. The van der Waals surface area contributed by atoms with Crippen LogP contribution in [0.4, 0.5) is 0 Å². The zero-order valence-electron chi connectivity index (χ0n) is 11.3. The highest BCUT2D eigenvalue weighted by Gasteiger charge is 2.19. The Morgan fingerprint density at radius 3 is 2.44 bits per heavy atom. The monoisotopic (exact) mass is 261 g/mol. The molecule has 0 heterocycles. The van der Waals surface area contributed by atoms with Gasteiger partial charge in [-0.2, -0.15) is 0 Å². The second kappa shape index (κ2) is 9.81. The summed E-state index contributed by atoms with van der Waals surface area (Å²) < 4.78 is 9.64. The Morgan fingerprint density at radius 1 is 1.28 bits per heavy atom. The number of hydrogen-bond acceptors (Lipinski definition) is 5. The molecule has 7 heteroatoms. The number of methoxy groups -OCH3 is 2. The molecule has 0 fully saturated rings. The number of carbonyl (C=O) groups excluding carboxylic acids is 2. The minimum atomic E-state index is -0.637. The van der Waals surface area contributed by atoms with E-state index in [1.54, 1.807) is 21.3 Å². The van der Waals surface area contributed by atoms with Crippen LogP contribution in [0, 0.1) is 0 Å². The molecule has 3 N–H and O–H groups in total. The molecule has 2 amide bonds. The van der Waals surface area contributed by atoms with Crippen molar-refractivity contribution in [3.8, 4) is 0 Å². The molecule has 0 aliphatic carbocycles. The molecule has 0 aromatic carbocycles. The fraction of sp³-hybridized carbons (Fsp3) is 0.818. The predicted molar refractivity (Wildman–Crippen MR) is 67.0 cm³/mol. The fourth-order valence-electron chi connectivity index (χ4n) is 1.29. The molecular formula is C11H23N3O4. The van der Waals surface area contributed by atoms with Gasteiger partial charge in [-0.25, -0.2) is 0 Å². The minimum absolute atomic E-state index is 0.0107. The van der Waals surface area contributed by atoms with Gasteiger partial charge in [0.2, 0.25) is 11.8 Å². The molecule has 0 aliphatic heterocycles. The van der Waals surface area contributed by atoms with E-state index in [4.69, 9.17) is 15.2 Å². The van der Waals surface area contributed by atoms with E-state index in [0.29, 0.717) is 26.2 Å². The Kier molecular flexibility index (Phi) is 9.17. The van der Waals surface area contributed by atoms with E-state index < -0.39 is 6.04 Å². The third-order valence-corrected chi connectivity index (χ3v) is 2.34. The van der Waals surface area contributed by atoms with E-state index in [0.717, 1.165) is 0 Å². The Bertz CT molecular complexity index is 261. The second-order valence-corrected chi connectivity index (χ2v) is 3.93. The molecule has 0 spiro atoms. The van der Waals surface area contributed by atoms with Crippen molar-refractivity contribution in [2.24, 2.45) is 5.73 Å². The zero-order valence-corrected chi connectivity index (χ0v) is 11.3. The molecule has 0 radical (unpaired) electrons. The van der Waals surface area contributed by atoms with Crippen LogP contribution < -0.4 is 11.1 Å². The average molecular weight is 261 g/mol. The standard InChI is InChI=1S/C11H23N3O4/c1-14(8-10(15)13-5-7-18-3)11(16)9(12)4-6-17-2/h9H,4-8,12H2,1-3H3,(H,13,15). The van der Waals surface area contributed by atoms with Gasteiger partial charge in [0.15, 0.2) is 0 Å². The smallest absolute Gasteiger partial charge is 0.239 e. The van der Waals surface area contributed by atoms with Gasteiger partial charge in [-0.3, -0.25) is 9.59 Å². The molecule has 18 heavy (non-hydrogen) atoms. The Balaban J connectivity index is 3.95. The van der Waals surface area contributed by atoms with E-state index in [9.17, 15) is 9.59 Å². The molecule has 1 atom stereocenters. The van der Waals surface area contributed by atoms with E-state index >= 15 is 0 Å². The number of rotatable bonds is 9. The molecule has 0 saturated carbocycles. The third kappa shape index (κ3) is 7.21. The quantitative estimate of drug-likeness (QED) is 0.496. The highest BCUT2D eigenvalue weighted by Crippen LogP contribution is 1.95. The van der Waals surface area contributed by atoms with Crippen molar-refractivity contribution in [2.75, 3.05) is 47.6 Å². The van der Waals surface area contributed by atoms with Crippen molar-refractivity contribution in [2.45, 2.75) is 12.5 Å². The molecule has 0 bridgehead atoms. The number of nitrogens with two attached hydrogens (primary N) is 1. The topological polar surface area (TPSA) is 93.9 Å². The first kappa shape index (κ1) is 16.8. The predicted octanol–water partition coefficient (Wildman–Crippen LogP) is -1.43. The summed E-state index contributed by atoms with van der Waals surface area (Å²) in [6, 6.07) is -0.637. The van der Waals surface area contributed by atoms with E-state index in [-0.39, 0.29) is 18.4 Å². The van der Waals surface area contributed by atoms with Crippen LogP contribution in [0.2, 0.25) is 0 Å². The van der Waals surface area contributed by atoms with Gasteiger partial charge < -0.3 is 25.4 Å². The highest BCUT2D eigenvalue weighted by molar-refractivity contribution is 5.87. The Labute approximate surface area is 108 Å². The minimum Gasteiger partial charge on any atom is -0.385 e. The third-order valence-electron chi connectivity index (χ3n) is 2.34. The van der Waals surface area contributed by atoms with E-state index in [2.05, 4.69) is 5.32 Å². The number of likely N-dealkylation sites (N-methyl/N-ethyl adjacent to an activating group) is 1. The first-order chi connectivity index (χ1) is 8.52. The van der Waals surface area contributed by atoms with Gasteiger partial charge >= 0.3 is 0 Å².